The molecule has 2 rings (SSSR count). The molecule has 5 heteroatoms. The van der Waals surface area contributed by atoms with Gasteiger partial charge in [0.1, 0.15) is 0 Å². The van der Waals surface area contributed by atoms with Gasteiger partial charge in [-0.2, -0.15) is 0 Å². The van der Waals surface area contributed by atoms with Crippen molar-refractivity contribution in [2.24, 2.45) is 0 Å². The number of carbonyl (C=O) groups is 2. The highest BCUT2D eigenvalue weighted by atomic mass is 16.3. The van der Waals surface area contributed by atoms with Gasteiger partial charge in [-0.1, -0.05) is 32.9 Å². The van der Waals surface area contributed by atoms with Crippen molar-refractivity contribution in [1.29, 1.82) is 0 Å². The second kappa shape index (κ2) is 6.48. The maximum absolute atomic E-state index is 12.1. The van der Waals surface area contributed by atoms with Gasteiger partial charge in [0.2, 0.25) is 5.91 Å². The minimum absolute atomic E-state index is 0.0351. The zero-order valence-electron chi connectivity index (χ0n) is 13.4. The van der Waals surface area contributed by atoms with Crippen LogP contribution in [0.5, 0.6) is 0 Å². The molecule has 2 amide bonds. The van der Waals surface area contributed by atoms with Gasteiger partial charge >= 0.3 is 0 Å². The summed E-state index contributed by atoms with van der Waals surface area (Å²) >= 11 is 0. The van der Waals surface area contributed by atoms with E-state index in [0.29, 0.717) is 25.1 Å². The molecule has 0 spiro atoms. The molecule has 0 aromatic heterocycles. The number of hydrogen-bond donors (Lipinski definition) is 2. The maximum atomic E-state index is 12.1. The summed E-state index contributed by atoms with van der Waals surface area (Å²) in [6.07, 6.45) is 0.165. The fourth-order valence-electron chi connectivity index (χ4n) is 2.46. The Morgan fingerprint density at radius 3 is 2.41 bits per heavy atom. The van der Waals surface area contributed by atoms with Crippen LogP contribution in [0.4, 0.5) is 0 Å². The van der Waals surface area contributed by atoms with Crippen LogP contribution in [0.1, 0.15) is 43.1 Å². The van der Waals surface area contributed by atoms with Crippen molar-refractivity contribution in [3.63, 3.8) is 0 Å². The van der Waals surface area contributed by atoms with Gasteiger partial charge in [0.25, 0.3) is 5.91 Å². The highest BCUT2D eigenvalue weighted by molar-refractivity contribution is 5.96. The summed E-state index contributed by atoms with van der Waals surface area (Å²) in [5.41, 5.74) is 1.75. The van der Waals surface area contributed by atoms with Crippen LogP contribution in [0, 0.1) is 0 Å². The number of carbonyl (C=O) groups excluding carboxylic acids is 2. The maximum Gasteiger partial charge on any atom is 0.251 e. The van der Waals surface area contributed by atoms with Gasteiger partial charge in [0.05, 0.1) is 12.6 Å². The van der Waals surface area contributed by atoms with Gasteiger partial charge in [-0.05, 0) is 29.5 Å². The summed E-state index contributed by atoms with van der Waals surface area (Å²) in [6.45, 7) is 7.22. The Labute approximate surface area is 131 Å². The van der Waals surface area contributed by atoms with E-state index in [1.54, 1.807) is 17.0 Å². The summed E-state index contributed by atoms with van der Waals surface area (Å²) in [6, 6.07) is 7.43. The van der Waals surface area contributed by atoms with Crippen molar-refractivity contribution in [3.05, 3.63) is 35.4 Å². The summed E-state index contributed by atoms with van der Waals surface area (Å²) < 4.78 is 0. The van der Waals surface area contributed by atoms with E-state index in [2.05, 4.69) is 26.1 Å². The molecule has 1 aliphatic rings. The zero-order valence-corrected chi connectivity index (χ0v) is 13.4. The number of benzene rings is 1. The molecule has 1 heterocycles. The van der Waals surface area contributed by atoms with Crippen molar-refractivity contribution in [1.82, 2.24) is 10.2 Å². The SMILES string of the molecule is CC(C)(C)c1ccc(C(=O)NCC(=O)N2CC[C@@H](O)C2)cc1. The van der Waals surface area contributed by atoms with Crippen LogP contribution >= 0.6 is 0 Å². The zero-order chi connectivity index (χ0) is 16.3. The average molecular weight is 304 g/mol. The summed E-state index contributed by atoms with van der Waals surface area (Å²) in [7, 11) is 0. The Balaban J connectivity index is 1.88. The predicted octanol–water partition coefficient (Wildman–Crippen LogP) is 1.31. The molecule has 1 aromatic rings. The van der Waals surface area contributed by atoms with Crippen LogP contribution < -0.4 is 5.32 Å². The molecule has 1 aromatic carbocycles. The number of aliphatic hydroxyl groups excluding tert-OH is 1. The third-order valence-corrected chi connectivity index (χ3v) is 3.93. The molecule has 1 saturated heterocycles. The number of hydrogen-bond acceptors (Lipinski definition) is 3. The lowest BCUT2D eigenvalue weighted by Gasteiger charge is -2.19. The van der Waals surface area contributed by atoms with E-state index in [1.807, 2.05) is 12.1 Å². The Kier molecular flexibility index (Phi) is 4.86. The van der Waals surface area contributed by atoms with Gasteiger partial charge in [-0.3, -0.25) is 9.59 Å². The van der Waals surface area contributed by atoms with Gasteiger partial charge in [-0.25, -0.2) is 0 Å². The predicted molar refractivity (Wildman–Crippen MR) is 84.7 cm³/mol. The number of amides is 2. The normalized spacial score (nSPS) is 18.4. The molecular formula is C17H24N2O3. The molecule has 2 N–H and O–H groups in total. The molecule has 0 saturated carbocycles. The number of aliphatic hydroxyl groups is 1. The lowest BCUT2D eigenvalue weighted by molar-refractivity contribution is -0.129. The molecule has 22 heavy (non-hydrogen) atoms. The fraction of sp³-hybridized carbons (Fsp3) is 0.529. The minimum atomic E-state index is -0.440. The van der Waals surface area contributed by atoms with E-state index in [0.717, 1.165) is 5.56 Å². The van der Waals surface area contributed by atoms with Crippen LogP contribution in [-0.4, -0.2) is 47.6 Å². The van der Waals surface area contributed by atoms with Crippen molar-refractivity contribution in [3.8, 4) is 0 Å². The van der Waals surface area contributed by atoms with Crippen LogP contribution in [0.25, 0.3) is 0 Å². The monoisotopic (exact) mass is 304 g/mol. The minimum Gasteiger partial charge on any atom is -0.391 e. The Morgan fingerprint density at radius 1 is 1.27 bits per heavy atom. The van der Waals surface area contributed by atoms with E-state index in [4.69, 9.17) is 0 Å². The van der Waals surface area contributed by atoms with Gasteiger partial charge in [0, 0.05) is 18.7 Å². The number of nitrogens with zero attached hydrogens (tertiary/aromatic N) is 1. The van der Waals surface area contributed by atoms with Gasteiger partial charge < -0.3 is 15.3 Å². The molecule has 5 nitrogen and oxygen atoms in total. The number of nitrogens with one attached hydrogen (secondary N) is 1. The van der Waals surface area contributed by atoms with E-state index in [-0.39, 0.29) is 23.8 Å². The molecule has 0 unspecified atom stereocenters. The first kappa shape index (κ1) is 16.5. The molecule has 1 atom stereocenters. The highest BCUT2D eigenvalue weighted by Crippen LogP contribution is 2.22. The second-order valence-corrected chi connectivity index (χ2v) is 6.79. The number of rotatable bonds is 3. The third kappa shape index (κ3) is 4.07. The van der Waals surface area contributed by atoms with Crippen molar-refractivity contribution < 1.29 is 14.7 Å². The van der Waals surface area contributed by atoms with Gasteiger partial charge in [0.15, 0.2) is 0 Å². The molecule has 1 aliphatic heterocycles. The Morgan fingerprint density at radius 2 is 1.91 bits per heavy atom. The number of likely N-dealkylation sites (tertiary alicyclic amines) is 1. The fourth-order valence-corrected chi connectivity index (χ4v) is 2.46. The van der Waals surface area contributed by atoms with Crippen molar-refractivity contribution >= 4 is 11.8 Å². The first-order valence-corrected chi connectivity index (χ1v) is 7.62. The van der Waals surface area contributed by atoms with Crippen LogP contribution in [0.3, 0.4) is 0 Å². The molecular weight excluding hydrogens is 280 g/mol. The van der Waals surface area contributed by atoms with E-state index >= 15 is 0 Å². The van der Waals surface area contributed by atoms with E-state index in [1.165, 1.54) is 0 Å². The van der Waals surface area contributed by atoms with E-state index in [9.17, 15) is 14.7 Å². The van der Waals surface area contributed by atoms with Crippen LogP contribution in [0.15, 0.2) is 24.3 Å². The Bertz CT molecular complexity index is 546. The summed E-state index contributed by atoms with van der Waals surface area (Å²) in [5, 5.41) is 12.1. The highest BCUT2D eigenvalue weighted by Gasteiger charge is 2.24. The van der Waals surface area contributed by atoms with Crippen LogP contribution in [0.2, 0.25) is 0 Å². The summed E-state index contributed by atoms with van der Waals surface area (Å²) in [5.74, 6) is -0.412. The van der Waals surface area contributed by atoms with Crippen molar-refractivity contribution in [2.45, 2.75) is 38.7 Å². The lowest BCUT2D eigenvalue weighted by atomic mass is 9.87. The number of β-amino-alcohol motifs (C(OH)–C–C–N with tert-alkyl or cyclic N) is 1. The van der Waals surface area contributed by atoms with Gasteiger partial charge in [-0.15, -0.1) is 0 Å². The van der Waals surface area contributed by atoms with Crippen LogP contribution in [-0.2, 0) is 10.2 Å². The lowest BCUT2D eigenvalue weighted by Crippen LogP contribution is -2.39. The molecule has 1 fully saturated rings. The smallest absolute Gasteiger partial charge is 0.251 e. The first-order chi connectivity index (χ1) is 10.3. The third-order valence-electron chi connectivity index (χ3n) is 3.93. The Hall–Kier alpha value is -1.88. The summed E-state index contributed by atoms with van der Waals surface area (Å²) in [4.78, 5) is 25.5. The largest absolute Gasteiger partial charge is 0.391 e. The molecule has 120 valence electrons. The standard InChI is InChI=1S/C17H24N2O3/c1-17(2,3)13-6-4-12(5-7-13)16(22)18-10-15(21)19-9-8-14(20)11-19/h4-7,14,20H,8-11H2,1-3H3,(H,18,22)/t14-/m1/s1. The average Bonchev–Trinajstić information content (AvgIpc) is 2.90. The topological polar surface area (TPSA) is 69.6 Å². The molecule has 0 radical (unpaired) electrons. The first-order valence-electron chi connectivity index (χ1n) is 7.62. The second-order valence-electron chi connectivity index (χ2n) is 6.79. The van der Waals surface area contributed by atoms with E-state index < -0.39 is 6.10 Å². The molecule has 0 aliphatic carbocycles. The van der Waals surface area contributed by atoms with Crippen molar-refractivity contribution in [2.75, 3.05) is 19.6 Å². The molecule has 0 bridgehead atoms. The quantitative estimate of drug-likeness (QED) is 0.884.